The Morgan fingerprint density at radius 3 is 2.81 bits per heavy atom. The first-order valence-electron chi connectivity index (χ1n) is 6.95. The van der Waals surface area contributed by atoms with Gasteiger partial charge in [0.2, 0.25) is 0 Å². The van der Waals surface area contributed by atoms with Gasteiger partial charge in [0.05, 0.1) is 11.4 Å². The number of nitrogens with zero attached hydrogens (tertiary/aromatic N) is 3. The van der Waals surface area contributed by atoms with Crippen molar-refractivity contribution in [2.45, 2.75) is 27.2 Å². The smallest absolute Gasteiger partial charge is 0.266 e. The highest BCUT2D eigenvalue weighted by atomic mass is 32.1. The van der Waals surface area contributed by atoms with Gasteiger partial charge in [0.1, 0.15) is 9.71 Å². The van der Waals surface area contributed by atoms with Gasteiger partial charge >= 0.3 is 0 Å². The van der Waals surface area contributed by atoms with E-state index in [2.05, 4.69) is 16.3 Å². The molecule has 0 saturated heterocycles. The SMILES string of the molecule is CC1=CCCN(C(=O)c2sc3nnc(C)c(C)c3c2N)C1. The number of nitrogen functional groups attached to an aromatic ring is 1. The molecule has 6 heteroatoms. The predicted molar refractivity (Wildman–Crippen MR) is 85.6 cm³/mol. The molecule has 110 valence electrons. The average molecular weight is 302 g/mol. The summed E-state index contributed by atoms with van der Waals surface area (Å²) in [5, 5.41) is 9.16. The predicted octanol–water partition coefficient (Wildman–Crippen LogP) is 2.68. The molecule has 5 nitrogen and oxygen atoms in total. The largest absolute Gasteiger partial charge is 0.397 e. The van der Waals surface area contributed by atoms with Gasteiger partial charge in [-0.25, -0.2) is 0 Å². The summed E-state index contributed by atoms with van der Waals surface area (Å²) >= 11 is 1.34. The fourth-order valence-electron chi connectivity index (χ4n) is 2.63. The van der Waals surface area contributed by atoms with E-state index < -0.39 is 0 Å². The lowest BCUT2D eigenvalue weighted by Gasteiger charge is -2.25. The van der Waals surface area contributed by atoms with Crippen LogP contribution in [0.3, 0.4) is 0 Å². The molecule has 0 atom stereocenters. The van der Waals surface area contributed by atoms with E-state index in [0.29, 0.717) is 17.1 Å². The molecule has 3 rings (SSSR count). The van der Waals surface area contributed by atoms with Gasteiger partial charge in [-0.1, -0.05) is 11.6 Å². The summed E-state index contributed by atoms with van der Waals surface area (Å²) in [4.78, 5) is 15.9. The lowest BCUT2D eigenvalue weighted by Crippen LogP contribution is -2.35. The van der Waals surface area contributed by atoms with Crippen molar-refractivity contribution in [3.05, 3.63) is 27.8 Å². The molecule has 0 saturated carbocycles. The molecule has 0 aliphatic carbocycles. The van der Waals surface area contributed by atoms with Crippen molar-refractivity contribution in [2.24, 2.45) is 0 Å². The van der Waals surface area contributed by atoms with Crippen molar-refractivity contribution in [3.63, 3.8) is 0 Å². The standard InChI is InChI=1S/C15H18N4OS/c1-8-5-4-6-19(7-8)15(20)13-12(16)11-9(2)10(3)17-18-14(11)21-13/h5H,4,6-7,16H2,1-3H3. The summed E-state index contributed by atoms with van der Waals surface area (Å²) in [5.41, 5.74) is 9.85. The maximum absolute atomic E-state index is 12.7. The zero-order chi connectivity index (χ0) is 15.1. The fourth-order valence-corrected chi connectivity index (χ4v) is 3.70. The van der Waals surface area contributed by atoms with Gasteiger partial charge in [-0.15, -0.1) is 16.4 Å². The third kappa shape index (κ3) is 2.29. The number of hydrogen-bond donors (Lipinski definition) is 1. The number of aromatic nitrogens is 2. The Balaban J connectivity index is 2.05. The van der Waals surface area contributed by atoms with Gasteiger partial charge in [-0.3, -0.25) is 4.79 Å². The number of carbonyl (C=O) groups excluding carboxylic acids is 1. The number of thiophene rings is 1. The van der Waals surface area contributed by atoms with Crippen LogP contribution >= 0.6 is 11.3 Å². The molecule has 0 bridgehead atoms. The molecule has 1 aliphatic rings. The van der Waals surface area contributed by atoms with Crippen LogP contribution < -0.4 is 5.73 Å². The van der Waals surface area contributed by atoms with E-state index in [9.17, 15) is 4.79 Å². The second kappa shape index (κ2) is 5.11. The molecular weight excluding hydrogens is 284 g/mol. The number of anilines is 1. The second-order valence-corrected chi connectivity index (χ2v) is 6.50. The van der Waals surface area contributed by atoms with Gasteiger partial charge in [0.15, 0.2) is 0 Å². The van der Waals surface area contributed by atoms with Crippen LogP contribution in [0.1, 0.15) is 34.3 Å². The first-order valence-corrected chi connectivity index (χ1v) is 7.77. The fraction of sp³-hybridized carbons (Fsp3) is 0.400. The first kappa shape index (κ1) is 14.0. The molecule has 0 fully saturated rings. The average Bonchev–Trinajstić information content (AvgIpc) is 2.80. The zero-order valence-corrected chi connectivity index (χ0v) is 13.3. The Labute approximate surface area is 127 Å². The molecule has 1 amide bonds. The van der Waals surface area contributed by atoms with Crippen LogP contribution in [-0.2, 0) is 0 Å². The molecule has 2 N–H and O–H groups in total. The topological polar surface area (TPSA) is 72.1 Å². The Kier molecular flexibility index (Phi) is 3.41. The molecular formula is C15H18N4OS. The van der Waals surface area contributed by atoms with E-state index in [1.165, 1.54) is 16.9 Å². The lowest BCUT2D eigenvalue weighted by molar-refractivity contribution is 0.0772. The molecule has 3 heterocycles. The summed E-state index contributed by atoms with van der Waals surface area (Å²) in [6, 6.07) is 0. The van der Waals surface area contributed by atoms with E-state index in [1.54, 1.807) is 0 Å². The number of rotatable bonds is 1. The number of nitrogens with two attached hydrogens (primary N) is 1. The Morgan fingerprint density at radius 2 is 2.10 bits per heavy atom. The molecule has 0 radical (unpaired) electrons. The van der Waals surface area contributed by atoms with Gasteiger partial charge in [0, 0.05) is 18.5 Å². The molecule has 0 spiro atoms. The lowest BCUT2D eigenvalue weighted by atomic mass is 10.1. The van der Waals surface area contributed by atoms with Crippen molar-refractivity contribution in [2.75, 3.05) is 18.8 Å². The molecule has 1 aliphatic heterocycles. The van der Waals surface area contributed by atoms with E-state index in [1.807, 2.05) is 25.7 Å². The summed E-state index contributed by atoms with van der Waals surface area (Å²) in [7, 11) is 0. The summed E-state index contributed by atoms with van der Waals surface area (Å²) in [6.45, 7) is 7.34. The molecule has 21 heavy (non-hydrogen) atoms. The van der Waals surface area contributed by atoms with E-state index in [0.717, 1.165) is 34.4 Å². The minimum Gasteiger partial charge on any atom is -0.397 e. The Hall–Kier alpha value is -1.95. The van der Waals surface area contributed by atoms with Crippen molar-refractivity contribution in [1.29, 1.82) is 0 Å². The number of aryl methyl sites for hydroxylation is 2. The van der Waals surface area contributed by atoms with E-state index in [-0.39, 0.29) is 5.91 Å². The van der Waals surface area contributed by atoms with Crippen LogP contribution in [0.25, 0.3) is 10.2 Å². The van der Waals surface area contributed by atoms with Crippen LogP contribution in [0.15, 0.2) is 11.6 Å². The summed E-state index contributed by atoms with van der Waals surface area (Å²) in [6.07, 6.45) is 3.08. The minimum absolute atomic E-state index is 0.00000283. The number of hydrogen-bond acceptors (Lipinski definition) is 5. The second-order valence-electron chi connectivity index (χ2n) is 5.50. The summed E-state index contributed by atoms with van der Waals surface area (Å²) in [5.74, 6) is 0.00000283. The van der Waals surface area contributed by atoms with E-state index in [4.69, 9.17) is 5.73 Å². The molecule has 0 unspecified atom stereocenters. The number of amides is 1. The Morgan fingerprint density at radius 1 is 1.33 bits per heavy atom. The van der Waals surface area contributed by atoms with Crippen molar-refractivity contribution in [1.82, 2.24) is 15.1 Å². The van der Waals surface area contributed by atoms with Crippen molar-refractivity contribution in [3.8, 4) is 0 Å². The van der Waals surface area contributed by atoms with Crippen molar-refractivity contribution >= 4 is 33.1 Å². The maximum atomic E-state index is 12.7. The van der Waals surface area contributed by atoms with Gasteiger partial charge in [-0.05, 0) is 32.8 Å². The highest BCUT2D eigenvalue weighted by Gasteiger charge is 2.25. The minimum atomic E-state index is 0.00000283. The Bertz CT molecular complexity index is 763. The van der Waals surface area contributed by atoms with E-state index >= 15 is 0 Å². The monoisotopic (exact) mass is 302 g/mol. The third-order valence-electron chi connectivity index (χ3n) is 3.95. The normalized spacial score (nSPS) is 15.4. The van der Waals surface area contributed by atoms with Crippen LogP contribution in [0.5, 0.6) is 0 Å². The third-order valence-corrected chi connectivity index (χ3v) is 5.03. The summed E-state index contributed by atoms with van der Waals surface area (Å²) < 4.78 is 0. The highest BCUT2D eigenvalue weighted by Crippen LogP contribution is 2.35. The molecule has 0 aromatic carbocycles. The van der Waals surface area contributed by atoms with Gasteiger partial charge in [-0.2, -0.15) is 5.10 Å². The zero-order valence-electron chi connectivity index (χ0n) is 12.4. The first-order chi connectivity index (χ1) is 9.99. The quantitative estimate of drug-likeness (QED) is 0.822. The number of carbonyl (C=O) groups is 1. The van der Waals surface area contributed by atoms with Gasteiger partial charge in [0.25, 0.3) is 5.91 Å². The van der Waals surface area contributed by atoms with Crippen LogP contribution in [-0.4, -0.2) is 34.1 Å². The molecule has 2 aromatic rings. The maximum Gasteiger partial charge on any atom is 0.266 e. The van der Waals surface area contributed by atoms with Gasteiger partial charge < -0.3 is 10.6 Å². The highest BCUT2D eigenvalue weighted by molar-refractivity contribution is 7.21. The van der Waals surface area contributed by atoms with Crippen molar-refractivity contribution < 1.29 is 4.79 Å². The van der Waals surface area contributed by atoms with Crippen LogP contribution in [0, 0.1) is 13.8 Å². The van der Waals surface area contributed by atoms with Crippen LogP contribution in [0.2, 0.25) is 0 Å². The van der Waals surface area contributed by atoms with Crippen LogP contribution in [0.4, 0.5) is 5.69 Å². The molecule has 2 aromatic heterocycles. The number of fused-ring (bicyclic) bond motifs is 1.